The summed E-state index contributed by atoms with van der Waals surface area (Å²) in [5.41, 5.74) is 0.286. The Balaban J connectivity index is 2.48. The third-order valence-electron chi connectivity index (χ3n) is 3.72. The molecule has 0 radical (unpaired) electrons. The summed E-state index contributed by atoms with van der Waals surface area (Å²) < 4.78 is 44.2. The Kier molecular flexibility index (Phi) is 9.48. The fourth-order valence-corrected chi connectivity index (χ4v) is 2.66. The third-order valence-corrected chi connectivity index (χ3v) is 4.39. The molecule has 168 valence electrons. The largest absolute Gasteiger partial charge is 0.394 e. The quantitative estimate of drug-likeness (QED) is 0.156. The molecule has 2 aromatic rings. The van der Waals surface area contributed by atoms with Gasteiger partial charge >= 0.3 is 0 Å². The van der Waals surface area contributed by atoms with Crippen LogP contribution >= 0.6 is 22.6 Å². The Hall–Kier alpha value is -2.42. The molecule has 2 rings (SSSR count). The lowest BCUT2D eigenvalue weighted by Crippen LogP contribution is -2.26. The third kappa shape index (κ3) is 6.78. The van der Waals surface area contributed by atoms with Gasteiger partial charge in [0.1, 0.15) is 11.9 Å². The van der Waals surface area contributed by atoms with Crippen LogP contribution < -0.4 is 10.8 Å². The monoisotopic (exact) mass is 553 g/mol. The first-order valence-electron chi connectivity index (χ1n) is 8.85. The van der Waals surface area contributed by atoms with Crippen molar-refractivity contribution >= 4 is 46.1 Å². The molecule has 0 aliphatic rings. The normalized spacial score (nSPS) is 12.1. The first-order chi connectivity index (χ1) is 14.8. The van der Waals surface area contributed by atoms with Crippen LogP contribution in [0.15, 0.2) is 29.4 Å². The van der Waals surface area contributed by atoms with Crippen LogP contribution in [0, 0.1) is 21.0 Å². The van der Waals surface area contributed by atoms with Crippen molar-refractivity contribution in [2.45, 2.75) is 13.0 Å². The van der Waals surface area contributed by atoms with Crippen LogP contribution in [-0.2, 0) is 9.68 Å². The number of amides is 1. The summed E-state index contributed by atoms with van der Waals surface area (Å²) >= 11 is 1.88. The molecule has 0 spiro atoms. The number of carbonyl (C=O) groups excluding carboxylic acids is 1. The highest BCUT2D eigenvalue weighted by Crippen LogP contribution is 2.30. The first-order valence-corrected chi connectivity index (χ1v) is 9.93. The number of benzene rings is 2. The molecular formula is C19H19F3IN3O5. The van der Waals surface area contributed by atoms with E-state index >= 15 is 0 Å². The summed E-state index contributed by atoms with van der Waals surface area (Å²) in [7, 11) is 0. The zero-order chi connectivity index (χ0) is 23.0. The molecule has 0 aromatic heterocycles. The van der Waals surface area contributed by atoms with Gasteiger partial charge in [0.15, 0.2) is 11.6 Å². The molecule has 0 fully saturated rings. The van der Waals surface area contributed by atoms with Crippen LogP contribution in [0.25, 0.3) is 0 Å². The van der Waals surface area contributed by atoms with E-state index in [9.17, 15) is 18.0 Å². The number of carbonyl (C=O) groups is 1. The van der Waals surface area contributed by atoms with Gasteiger partial charge in [-0.1, -0.05) is 5.16 Å². The van der Waals surface area contributed by atoms with E-state index in [1.807, 2.05) is 28.1 Å². The van der Waals surface area contributed by atoms with E-state index < -0.39 is 52.9 Å². The van der Waals surface area contributed by atoms with Crippen LogP contribution in [0.4, 0.5) is 24.5 Å². The highest BCUT2D eigenvalue weighted by atomic mass is 127. The maximum Gasteiger partial charge on any atom is 0.277 e. The minimum absolute atomic E-state index is 0.189. The van der Waals surface area contributed by atoms with Crippen molar-refractivity contribution in [3.05, 3.63) is 56.4 Å². The summed E-state index contributed by atoms with van der Waals surface area (Å²) in [4.78, 5) is 22.0. The van der Waals surface area contributed by atoms with Crippen LogP contribution in [0.3, 0.4) is 0 Å². The van der Waals surface area contributed by atoms with Crippen molar-refractivity contribution in [1.82, 2.24) is 5.48 Å². The molecule has 4 N–H and O–H groups in total. The molecule has 8 nitrogen and oxygen atoms in total. The summed E-state index contributed by atoms with van der Waals surface area (Å²) in [6.45, 7) is 0.503. The molecule has 1 atom stereocenters. The summed E-state index contributed by atoms with van der Waals surface area (Å²) in [5.74, 6) is -4.57. The molecule has 0 saturated carbocycles. The second kappa shape index (κ2) is 11.8. The molecule has 31 heavy (non-hydrogen) atoms. The molecule has 1 amide bonds. The van der Waals surface area contributed by atoms with Gasteiger partial charge in [0.25, 0.3) is 5.91 Å². The predicted octanol–water partition coefficient (Wildman–Crippen LogP) is 2.84. The first kappa shape index (κ1) is 24.8. The molecule has 1 unspecified atom stereocenters. The molecule has 0 bridgehead atoms. The smallest absolute Gasteiger partial charge is 0.277 e. The van der Waals surface area contributed by atoms with Crippen LogP contribution in [-0.4, -0.2) is 48.3 Å². The van der Waals surface area contributed by atoms with Crippen LogP contribution in [0.1, 0.15) is 22.8 Å². The van der Waals surface area contributed by atoms with E-state index in [2.05, 4.69) is 10.5 Å². The standard InChI is InChI=1S/C19H19F3IN3O5/c1-10(9-28)31-24-8-11-6-13(19(29)26-30-5-4-27)18(17(22)16(11)21)25-15-3-2-12(23)7-14(15)20/h2-3,6-8,10,25,27-28H,4-5,9H2,1H3,(H,26,29). The maximum atomic E-state index is 14.9. The molecule has 0 aliphatic carbocycles. The van der Waals surface area contributed by atoms with Gasteiger partial charge in [-0.05, 0) is 53.8 Å². The van der Waals surface area contributed by atoms with Crippen molar-refractivity contribution in [2.24, 2.45) is 5.16 Å². The van der Waals surface area contributed by atoms with E-state index in [4.69, 9.17) is 19.9 Å². The molecule has 0 saturated heterocycles. The Morgan fingerprint density at radius 2 is 2.00 bits per heavy atom. The van der Waals surface area contributed by atoms with Crippen molar-refractivity contribution in [1.29, 1.82) is 0 Å². The Morgan fingerprint density at radius 1 is 1.26 bits per heavy atom. The van der Waals surface area contributed by atoms with E-state index in [-0.39, 0.29) is 18.9 Å². The van der Waals surface area contributed by atoms with E-state index in [0.717, 1.165) is 12.3 Å². The Bertz CT molecular complexity index is 962. The van der Waals surface area contributed by atoms with Gasteiger partial charge in [-0.15, -0.1) is 0 Å². The number of nitrogens with zero attached hydrogens (tertiary/aromatic N) is 1. The Labute approximate surface area is 189 Å². The fraction of sp³-hybridized carbons (Fsp3) is 0.263. The average molecular weight is 553 g/mol. The number of nitrogens with one attached hydrogen (secondary N) is 2. The van der Waals surface area contributed by atoms with E-state index in [0.29, 0.717) is 3.57 Å². The number of aliphatic hydroxyl groups excluding tert-OH is 2. The number of anilines is 2. The van der Waals surface area contributed by atoms with Crippen LogP contribution in [0.5, 0.6) is 0 Å². The number of oxime groups is 1. The molecule has 0 aliphatic heterocycles. The maximum absolute atomic E-state index is 14.9. The van der Waals surface area contributed by atoms with E-state index in [1.165, 1.54) is 25.1 Å². The van der Waals surface area contributed by atoms with Crippen LogP contribution in [0.2, 0.25) is 0 Å². The molecule has 12 heteroatoms. The van der Waals surface area contributed by atoms with Gasteiger partial charge in [0.05, 0.1) is 43.0 Å². The lowest BCUT2D eigenvalue weighted by atomic mass is 10.1. The minimum Gasteiger partial charge on any atom is -0.394 e. The van der Waals surface area contributed by atoms with Crippen molar-refractivity contribution in [2.75, 3.05) is 25.1 Å². The fourth-order valence-electron chi connectivity index (χ4n) is 2.21. The predicted molar refractivity (Wildman–Crippen MR) is 114 cm³/mol. The van der Waals surface area contributed by atoms with Crippen molar-refractivity contribution in [3.8, 4) is 0 Å². The highest BCUT2D eigenvalue weighted by Gasteiger charge is 2.23. The number of hydrogen-bond acceptors (Lipinski definition) is 7. The topological polar surface area (TPSA) is 112 Å². The molecule has 0 heterocycles. The van der Waals surface area contributed by atoms with Gasteiger partial charge < -0.3 is 20.4 Å². The number of rotatable bonds is 10. The summed E-state index contributed by atoms with van der Waals surface area (Å²) in [6.07, 6.45) is 0.133. The number of hydroxylamine groups is 1. The van der Waals surface area contributed by atoms with Crippen molar-refractivity contribution in [3.63, 3.8) is 0 Å². The average Bonchev–Trinajstić information content (AvgIpc) is 2.74. The van der Waals surface area contributed by atoms with Gasteiger partial charge in [-0.25, -0.2) is 18.7 Å². The highest BCUT2D eigenvalue weighted by molar-refractivity contribution is 14.1. The summed E-state index contributed by atoms with van der Waals surface area (Å²) in [6, 6.07) is 4.96. The second-order valence-electron chi connectivity index (χ2n) is 6.10. The number of hydrogen-bond donors (Lipinski definition) is 4. The molecular weight excluding hydrogens is 534 g/mol. The summed E-state index contributed by atoms with van der Waals surface area (Å²) in [5, 5.41) is 23.5. The number of halogens is 4. The number of aliphatic hydroxyl groups is 2. The Morgan fingerprint density at radius 3 is 2.65 bits per heavy atom. The minimum atomic E-state index is -1.47. The van der Waals surface area contributed by atoms with Crippen molar-refractivity contribution < 1.29 is 37.9 Å². The SMILES string of the molecule is CC(CO)ON=Cc1cc(C(=O)NOCCO)c(Nc2ccc(I)cc2F)c(F)c1F. The lowest BCUT2D eigenvalue weighted by Gasteiger charge is -2.15. The second-order valence-corrected chi connectivity index (χ2v) is 7.35. The zero-order valence-corrected chi connectivity index (χ0v) is 18.3. The lowest BCUT2D eigenvalue weighted by molar-refractivity contribution is 0.0168. The molecule has 2 aromatic carbocycles. The van der Waals surface area contributed by atoms with E-state index in [1.54, 1.807) is 0 Å². The van der Waals surface area contributed by atoms with Gasteiger partial charge in [-0.3, -0.25) is 9.63 Å². The van der Waals surface area contributed by atoms with Gasteiger partial charge in [0, 0.05) is 9.13 Å². The zero-order valence-electron chi connectivity index (χ0n) is 16.2. The van der Waals surface area contributed by atoms with Gasteiger partial charge in [0.2, 0.25) is 0 Å². The van der Waals surface area contributed by atoms with Gasteiger partial charge in [-0.2, -0.15) is 0 Å².